The van der Waals surface area contributed by atoms with Gasteiger partial charge in [0.1, 0.15) is 0 Å². The third kappa shape index (κ3) is 5.02. The second-order valence-corrected chi connectivity index (χ2v) is 4.46. The van der Waals surface area contributed by atoms with Crippen molar-refractivity contribution in [2.75, 3.05) is 19.7 Å². The van der Waals surface area contributed by atoms with Crippen molar-refractivity contribution in [1.29, 1.82) is 0 Å². The normalized spacial score (nSPS) is 16.5. The number of hydrogen-bond acceptors (Lipinski definition) is 3. The van der Waals surface area contributed by atoms with Gasteiger partial charge < -0.3 is 9.64 Å². The molecule has 0 unspecified atom stereocenters. The SMILES string of the molecule is C=C(C)C(=O)OCCCN1CCCCCC1=O. The molecule has 1 rings (SSSR count). The first-order valence-corrected chi connectivity index (χ1v) is 6.21. The van der Waals surface area contributed by atoms with Crippen LogP contribution in [-0.4, -0.2) is 36.5 Å². The predicted octanol–water partition coefficient (Wildman–Crippen LogP) is 1.90. The van der Waals surface area contributed by atoms with E-state index in [9.17, 15) is 9.59 Å². The van der Waals surface area contributed by atoms with E-state index in [-0.39, 0.29) is 11.9 Å². The molecule has 17 heavy (non-hydrogen) atoms. The van der Waals surface area contributed by atoms with Crippen LogP contribution in [0.2, 0.25) is 0 Å². The lowest BCUT2D eigenvalue weighted by atomic mass is 10.2. The van der Waals surface area contributed by atoms with Crippen molar-refractivity contribution in [3.63, 3.8) is 0 Å². The Morgan fingerprint density at radius 3 is 2.88 bits per heavy atom. The Bertz CT molecular complexity index is 299. The molecule has 0 spiro atoms. The quantitative estimate of drug-likeness (QED) is 0.418. The fourth-order valence-corrected chi connectivity index (χ4v) is 1.82. The van der Waals surface area contributed by atoms with Gasteiger partial charge >= 0.3 is 5.97 Å². The molecule has 4 nitrogen and oxygen atoms in total. The Balaban J connectivity index is 2.19. The van der Waals surface area contributed by atoms with Crippen molar-refractivity contribution in [2.24, 2.45) is 0 Å². The maximum Gasteiger partial charge on any atom is 0.333 e. The second kappa shape index (κ2) is 7.09. The lowest BCUT2D eigenvalue weighted by Crippen LogP contribution is -2.31. The first-order valence-electron chi connectivity index (χ1n) is 6.21. The van der Waals surface area contributed by atoms with Gasteiger partial charge in [-0.2, -0.15) is 0 Å². The van der Waals surface area contributed by atoms with Crippen molar-refractivity contribution in [2.45, 2.75) is 39.0 Å². The second-order valence-electron chi connectivity index (χ2n) is 4.46. The van der Waals surface area contributed by atoms with Crippen LogP contribution in [0.15, 0.2) is 12.2 Å². The summed E-state index contributed by atoms with van der Waals surface area (Å²) in [4.78, 5) is 24.6. The van der Waals surface area contributed by atoms with Gasteiger partial charge in [0.05, 0.1) is 6.61 Å². The summed E-state index contributed by atoms with van der Waals surface area (Å²) in [6.07, 6.45) is 4.57. The van der Waals surface area contributed by atoms with E-state index in [2.05, 4.69) is 6.58 Å². The first-order chi connectivity index (χ1) is 8.11. The first kappa shape index (κ1) is 13.7. The highest BCUT2D eigenvalue weighted by molar-refractivity contribution is 5.86. The predicted molar refractivity (Wildman–Crippen MR) is 65.4 cm³/mol. The van der Waals surface area contributed by atoms with Gasteiger partial charge in [0.25, 0.3) is 0 Å². The number of hydrogen-bond donors (Lipinski definition) is 0. The molecule has 96 valence electrons. The Morgan fingerprint density at radius 2 is 2.18 bits per heavy atom. The van der Waals surface area contributed by atoms with Crippen molar-refractivity contribution >= 4 is 11.9 Å². The highest BCUT2D eigenvalue weighted by Gasteiger charge is 2.15. The third-order valence-electron chi connectivity index (χ3n) is 2.83. The molecule has 1 fully saturated rings. The van der Waals surface area contributed by atoms with E-state index in [1.54, 1.807) is 6.92 Å². The molecular weight excluding hydrogens is 218 g/mol. The number of carbonyl (C=O) groups excluding carboxylic acids is 2. The molecular formula is C13H21NO3. The zero-order valence-electron chi connectivity index (χ0n) is 10.5. The average molecular weight is 239 g/mol. The highest BCUT2D eigenvalue weighted by Crippen LogP contribution is 2.11. The summed E-state index contributed by atoms with van der Waals surface area (Å²) in [5.41, 5.74) is 0.413. The van der Waals surface area contributed by atoms with Gasteiger partial charge in [-0.3, -0.25) is 4.79 Å². The topological polar surface area (TPSA) is 46.6 Å². The largest absolute Gasteiger partial charge is 0.462 e. The Hall–Kier alpha value is -1.32. The van der Waals surface area contributed by atoms with E-state index in [4.69, 9.17) is 4.74 Å². The van der Waals surface area contributed by atoms with Crippen LogP contribution < -0.4 is 0 Å². The number of esters is 1. The van der Waals surface area contributed by atoms with Crippen molar-refractivity contribution in [3.8, 4) is 0 Å². The van der Waals surface area contributed by atoms with Gasteiger partial charge in [-0.1, -0.05) is 13.0 Å². The summed E-state index contributed by atoms with van der Waals surface area (Å²) in [5, 5.41) is 0. The molecule has 0 atom stereocenters. The number of rotatable bonds is 5. The molecule has 0 N–H and O–H groups in total. The Labute approximate surface area is 103 Å². The molecule has 1 aliphatic rings. The van der Waals surface area contributed by atoms with E-state index >= 15 is 0 Å². The molecule has 0 saturated carbocycles. The van der Waals surface area contributed by atoms with E-state index < -0.39 is 0 Å². The van der Waals surface area contributed by atoms with Gasteiger partial charge in [-0.25, -0.2) is 4.79 Å². The minimum absolute atomic E-state index is 0.230. The summed E-state index contributed by atoms with van der Waals surface area (Å²) in [5.74, 6) is -0.124. The van der Waals surface area contributed by atoms with E-state index in [0.29, 0.717) is 31.6 Å². The van der Waals surface area contributed by atoms with Crippen LogP contribution in [-0.2, 0) is 14.3 Å². The molecule has 1 saturated heterocycles. The molecule has 0 radical (unpaired) electrons. The van der Waals surface area contributed by atoms with Crippen LogP contribution in [0.4, 0.5) is 0 Å². The Morgan fingerprint density at radius 1 is 1.41 bits per heavy atom. The monoisotopic (exact) mass is 239 g/mol. The van der Waals surface area contributed by atoms with Crippen LogP contribution in [0.5, 0.6) is 0 Å². The minimum Gasteiger partial charge on any atom is -0.462 e. The molecule has 4 heteroatoms. The summed E-state index contributed by atoms with van der Waals surface area (Å²) in [6.45, 7) is 7.01. The molecule has 1 aliphatic heterocycles. The van der Waals surface area contributed by atoms with E-state index in [0.717, 1.165) is 25.8 Å². The number of likely N-dealkylation sites (tertiary alicyclic amines) is 1. The molecule has 1 heterocycles. The minimum atomic E-state index is -0.354. The summed E-state index contributed by atoms with van der Waals surface area (Å²) >= 11 is 0. The van der Waals surface area contributed by atoms with E-state index in [1.807, 2.05) is 4.90 Å². The highest BCUT2D eigenvalue weighted by atomic mass is 16.5. The van der Waals surface area contributed by atoms with Crippen molar-refractivity contribution in [1.82, 2.24) is 4.90 Å². The number of nitrogens with zero attached hydrogens (tertiary/aromatic N) is 1. The molecule has 0 aromatic rings. The zero-order chi connectivity index (χ0) is 12.7. The number of carbonyl (C=O) groups is 2. The fraction of sp³-hybridized carbons (Fsp3) is 0.692. The molecule has 0 bridgehead atoms. The summed E-state index contributed by atoms with van der Waals surface area (Å²) in [7, 11) is 0. The van der Waals surface area contributed by atoms with Crippen LogP contribution in [0.3, 0.4) is 0 Å². The standard InChI is InChI=1S/C13H21NO3/c1-11(2)13(16)17-10-6-9-14-8-5-3-4-7-12(14)15/h1,3-10H2,2H3. The van der Waals surface area contributed by atoms with Gasteiger partial charge in [-0.05, 0) is 26.2 Å². The van der Waals surface area contributed by atoms with Crippen LogP contribution in [0.25, 0.3) is 0 Å². The molecule has 1 amide bonds. The average Bonchev–Trinajstić information content (AvgIpc) is 2.49. The zero-order valence-corrected chi connectivity index (χ0v) is 10.5. The number of amides is 1. The molecule has 0 aromatic heterocycles. The van der Waals surface area contributed by atoms with Gasteiger partial charge in [-0.15, -0.1) is 0 Å². The summed E-state index contributed by atoms with van der Waals surface area (Å²) in [6, 6.07) is 0. The van der Waals surface area contributed by atoms with Crippen LogP contribution >= 0.6 is 0 Å². The maximum atomic E-state index is 11.7. The third-order valence-corrected chi connectivity index (χ3v) is 2.83. The maximum absolute atomic E-state index is 11.7. The fourth-order valence-electron chi connectivity index (χ4n) is 1.82. The van der Waals surface area contributed by atoms with Crippen LogP contribution in [0, 0.1) is 0 Å². The smallest absolute Gasteiger partial charge is 0.333 e. The van der Waals surface area contributed by atoms with Gasteiger partial charge in [0, 0.05) is 25.1 Å². The number of ether oxygens (including phenoxy) is 1. The molecule has 0 aromatic carbocycles. The molecule has 0 aliphatic carbocycles. The Kier molecular flexibility index (Phi) is 5.73. The summed E-state index contributed by atoms with van der Waals surface area (Å²) < 4.78 is 4.98. The van der Waals surface area contributed by atoms with E-state index in [1.165, 1.54) is 0 Å². The van der Waals surface area contributed by atoms with Gasteiger partial charge in [0.15, 0.2) is 0 Å². The lowest BCUT2D eigenvalue weighted by molar-refractivity contribution is -0.139. The van der Waals surface area contributed by atoms with Gasteiger partial charge in [0.2, 0.25) is 5.91 Å². The van der Waals surface area contributed by atoms with Crippen molar-refractivity contribution in [3.05, 3.63) is 12.2 Å². The van der Waals surface area contributed by atoms with Crippen LogP contribution in [0.1, 0.15) is 39.0 Å². The lowest BCUT2D eigenvalue weighted by Gasteiger charge is -2.20. The van der Waals surface area contributed by atoms with Crippen molar-refractivity contribution < 1.29 is 14.3 Å².